The Morgan fingerprint density at radius 2 is 1.87 bits per heavy atom. The number of cyclic esters (lactones) is 1. The third-order valence-electron chi connectivity index (χ3n) is 5.09. The first-order chi connectivity index (χ1) is 13.8. The first-order valence-electron chi connectivity index (χ1n) is 9.00. The van der Waals surface area contributed by atoms with Crippen molar-refractivity contribution in [3.63, 3.8) is 0 Å². The number of carbonyl (C=O) groups excluding carboxylic acids is 2. The minimum atomic E-state index is -5.29. The van der Waals surface area contributed by atoms with E-state index in [1.165, 1.54) is 44.2 Å². The Kier molecular flexibility index (Phi) is 5.36. The molecule has 1 heterocycles. The van der Waals surface area contributed by atoms with Crippen LogP contribution in [-0.4, -0.2) is 28.8 Å². The normalized spacial score (nSPS) is 15.9. The lowest BCUT2D eigenvalue weighted by atomic mass is 9.74. The van der Waals surface area contributed by atoms with E-state index in [9.17, 15) is 32.3 Å². The molecule has 160 valence electrons. The molecular formula is C21H19F4NO4. The fourth-order valence-electron chi connectivity index (χ4n) is 3.41. The van der Waals surface area contributed by atoms with Crippen molar-refractivity contribution in [1.82, 2.24) is 0 Å². The standard InChI is InChI=1S/C21H19F4NO4/c1-19(2,13-4-3-5-14(22)9-13)11-20(29,21(23,24)25)18(28)26-15-6-7-16-12(8-15)10-30-17(16)27/h3-9,29H,10-11H2,1-2H3,(H,26,28). The molecule has 1 aliphatic rings. The summed E-state index contributed by atoms with van der Waals surface area (Å²) < 4.78 is 59.8. The van der Waals surface area contributed by atoms with Gasteiger partial charge in [-0.2, -0.15) is 13.2 Å². The van der Waals surface area contributed by atoms with E-state index in [0.717, 1.165) is 12.1 Å². The highest BCUT2D eigenvalue weighted by Crippen LogP contribution is 2.42. The molecule has 0 bridgehead atoms. The molecule has 0 radical (unpaired) electrons. The number of ether oxygens (including phenoxy) is 1. The second-order valence-electron chi connectivity index (χ2n) is 7.83. The number of nitrogens with one attached hydrogen (secondary N) is 1. The van der Waals surface area contributed by atoms with Crippen LogP contribution in [0, 0.1) is 5.82 Å². The van der Waals surface area contributed by atoms with Crippen LogP contribution in [-0.2, 0) is 21.6 Å². The number of aliphatic hydroxyl groups is 1. The number of anilines is 1. The largest absolute Gasteiger partial charge is 0.457 e. The lowest BCUT2D eigenvalue weighted by molar-refractivity contribution is -0.254. The van der Waals surface area contributed by atoms with Crippen molar-refractivity contribution in [2.75, 3.05) is 5.32 Å². The summed E-state index contributed by atoms with van der Waals surface area (Å²) in [6.07, 6.45) is -6.33. The highest BCUT2D eigenvalue weighted by Gasteiger charge is 2.61. The van der Waals surface area contributed by atoms with Gasteiger partial charge in [-0.25, -0.2) is 9.18 Å². The van der Waals surface area contributed by atoms with Gasteiger partial charge in [0.25, 0.3) is 5.91 Å². The number of hydrogen-bond acceptors (Lipinski definition) is 4. The number of rotatable bonds is 5. The molecule has 30 heavy (non-hydrogen) atoms. The molecule has 5 nitrogen and oxygen atoms in total. The van der Waals surface area contributed by atoms with Gasteiger partial charge in [0.15, 0.2) is 0 Å². The van der Waals surface area contributed by atoms with E-state index in [-0.39, 0.29) is 23.4 Å². The minimum Gasteiger partial charge on any atom is -0.457 e. The zero-order valence-electron chi connectivity index (χ0n) is 16.1. The summed E-state index contributed by atoms with van der Waals surface area (Å²) in [5.74, 6) is -2.88. The van der Waals surface area contributed by atoms with Crippen LogP contribution in [0.1, 0.15) is 41.8 Å². The van der Waals surface area contributed by atoms with E-state index in [0.29, 0.717) is 5.56 Å². The Labute approximate surface area is 169 Å². The quantitative estimate of drug-likeness (QED) is 0.559. The molecule has 0 fully saturated rings. The van der Waals surface area contributed by atoms with Gasteiger partial charge in [0.05, 0.1) is 5.56 Å². The number of esters is 1. The molecule has 1 aliphatic heterocycles. The van der Waals surface area contributed by atoms with Crippen molar-refractivity contribution >= 4 is 17.6 Å². The number of fused-ring (bicyclic) bond motifs is 1. The van der Waals surface area contributed by atoms with Gasteiger partial charge in [-0.3, -0.25) is 4.79 Å². The molecule has 0 aromatic heterocycles. The number of hydrogen-bond donors (Lipinski definition) is 2. The third-order valence-corrected chi connectivity index (χ3v) is 5.09. The van der Waals surface area contributed by atoms with Crippen LogP contribution in [0.5, 0.6) is 0 Å². The van der Waals surface area contributed by atoms with Crippen LogP contribution >= 0.6 is 0 Å². The fourth-order valence-corrected chi connectivity index (χ4v) is 3.41. The molecule has 2 N–H and O–H groups in total. The average molecular weight is 425 g/mol. The number of halogens is 4. The van der Waals surface area contributed by atoms with E-state index < -0.39 is 41.3 Å². The zero-order valence-corrected chi connectivity index (χ0v) is 16.1. The summed E-state index contributed by atoms with van der Waals surface area (Å²) in [5, 5.41) is 12.5. The van der Waals surface area contributed by atoms with E-state index in [4.69, 9.17) is 4.74 Å². The predicted molar refractivity (Wildman–Crippen MR) is 99.2 cm³/mol. The second-order valence-corrected chi connectivity index (χ2v) is 7.83. The molecule has 2 aromatic carbocycles. The first kappa shape index (κ1) is 21.8. The molecule has 1 unspecified atom stereocenters. The van der Waals surface area contributed by atoms with E-state index in [2.05, 4.69) is 5.32 Å². The topological polar surface area (TPSA) is 75.6 Å². The summed E-state index contributed by atoms with van der Waals surface area (Å²) in [7, 11) is 0. The number of benzene rings is 2. The molecule has 3 rings (SSSR count). The number of amides is 1. The summed E-state index contributed by atoms with van der Waals surface area (Å²) >= 11 is 0. The van der Waals surface area contributed by atoms with Crippen molar-refractivity contribution < 1.29 is 37.0 Å². The molecule has 2 aromatic rings. The van der Waals surface area contributed by atoms with Gasteiger partial charge < -0.3 is 15.2 Å². The van der Waals surface area contributed by atoms with Crippen molar-refractivity contribution in [3.8, 4) is 0 Å². The molecule has 0 saturated heterocycles. The van der Waals surface area contributed by atoms with E-state index in [1.807, 2.05) is 0 Å². The van der Waals surface area contributed by atoms with Gasteiger partial charge in [0.2, 0.25) is 5.60 Å². The lowest BCUT2D eigenvalue weighted by Crippen LogP contribution is -2.57. The van der Waals surface area contributed by atoms with Crippen molar-refractivity contribution in [1.29, 1.82) is 0 Å². The molecule has 1 amide bonds. The van der Waals surface area contributed by atoms with Gasteiger partial charge >= 0.3 is 12.1 Å². The van der Waals surface area contributed by atoms with Crippen molar-refractivity contribution in [3.05, 3.63) is 65.0 Å². The predicted octanol–water partition coefficient (Wildman–Crippen LogP) is 4.10. The van der Waals surface area contributed by atoms with E-state index in [1.54, 1.807) is 0 Å². The van der Waals surface area contributed by atoms with Gasteiger partial charge in [0.1, 0.15) is 12.4 Å². The Bertz CT molecular complexity index is 1000. The van der Waals surface area contributed by atoms with Crippen molar-refractivity contribution in [2.24, 2.45) is 0 Å². The monoisotopic (exact) mass is 425 g/mol. The molecule has 0 aliphatic carbocycles. The maximum absolute atomic E-state index is 13.8. The Morgan fingerprint density at radius 1 is 1.17 bits per heavy atom. The summed E-state index contributed by atoms with van der Waals surface area (Å²) in [4.78, 5) is 24.0. The Hall–Kier alpha value is -2.94. The van der Waals surface area contributed by atoms with Crippen molar-refractivity contribution in [2.45, 2.75) is 44.1 Å². The summed E-state index contributed by atoms with van der Waals surface area (Å²) in [6.45, 7) is 2.70. The van der Waals surface area contributed by atoms with Gasteiger partial charge in [-0.1, -0.05) is 26.0 Å². The SMILES string of the molecule is CC(C)(CC(O)(C(=O)Nc1ccc2c(c1)COC2=O)C(F)(F)F)c1cccc(F)c1. The molecule has 9 heteroatoms. The van der Waals surface area contributed by atoms with Crippen LogP contribution in [0.4, 0.5) is 23.2 Å². The van der Waals surface area contributed by atoms with Crippen LogP contribution in [0.2, 0.25) is 0 Å². The number of carbonyl (C=O) groups is 2. The Balaban J connectivity index is 1.89. The highest BCUT2D eigenvalue weighted by molar-refractivity contribution is 5.99. The lowest BCUT2D eigenvalue weighted by Gasteiger charge is -2.36. The molecule has 0 saturated carbocycles. The van der Waals surface area contributed by atoms with Gasteiger partial charge in [-0.05, 0) is 41.3 Å². The van der Waals surface area contributed by atoms with Gasteiger partial charge in [-0.15, -0.1) is 0 Å². The zero-order chi connectivity index (χ0) is 22.3. The third kappa shape index (κ3) is 4.02. The van der Waals surface area contributed by atoms with Crippen LogP contribution in [0.3, 0.4) is 0 Å². The first-order valence-corrected chi connectivity index (χ1v) is 9.00. The van der Waals surface area contributed by atoms with Gasteiger partial charge in [0, 0.05) is 17.7 Å². The second kappa shape index (κ2) is 7.39. The summed E-state index contributed by atoms with van der Waals surface area (Å²) in [6, 6.07) is 8.85. The van der Waals surface area contributed by atoms with Crippen LogP contribution in [0.25, 0.3) is 0 Å². The maximum atomic E-state index is 13.8. The number of alkyl halides is 3. The fraction of sp³-hybridized carbons (Fsp3) is 0.333. The molecular weight excluding hydrogens is 406 g/mol. The minimum absolute atomic E-state index is 0.0247. The maximum Gasteiger partial charge on any atom is 0.426 e. The average Bonchev–Trinajstić information content (AvgIpc) is 3.00. The Morgan fingerprint density at radius 3 is 2.50 bits per heavy atom. The molecule has 0 spiro atoms. The smallest absolute Gasteiger partial charge is 0.426 e. The molecule has 1 atom stereocenters. The van der Waals surface area contributed by atoms with Crippen LogP contribution in [0.15, 0.2) is 42.5 Å². The summed E-state index contributed by atoms with van der Waals surface area (Å²) in [5.41, 5.74) is -4.29. The highest BCUT2D eigenvalue weighted by atomic mass is 19.4. The van der Waals surface area contributed by atoms with E-state index >= 15 is 0 Å². The van der Waals surface area contributed by atoms with Crippen LogP contribution < -0.4 is 5.32 Å².